The van der Waals surface area contributed by atoms with Gasteiger partial charge in [0.2, 0.25) is 0 Å². The summed E-state index contributed by atoms with van der Waals surface area (Å²) in [6.45, 7) is -0.127. The maximum Gasteiger partial charge on any atom is 0.269 e. The van der Waals surface area contributed by atoms with Gasteiger partial charge in [-0.1, -0.05) is 12.1 Å². The first-order valence-corrected chi connectivity index (χ1v) is 6.29. The van der Waals surface area contributed by atoms with E-state index in [9.17, 15) is 9.59 Å². The van der Waals surface area contributed by atoms with Crippen molar-refractivity contribution in [1.82, 2.24) is 9.78 Å². The van der Waals surface area contributed by atoms with E-state index in [1.54, 1.807) is 29.2 Å². The van der Waals surface area contributed by atoms with Crippen LogP contribution in [-0.4, -0.2) is 29.7 Å². The Balaban J connectivity index is 2.19. The minimum Gasteiger partial charge on any atom is -0.376 e. The number of hydrogen-bond acceptors (Lipinski definition) is 5. The van der Waals surface area contributed by atoms with E-state index in [1.165, 1.54) is 12.3 Å². The van der Waals surface area contributed by atoms with Crippen molar-refractivity contribution in [2.45, 2.75) is 6.54 Å². The smallest absolute Gasteiger partial charge is 0.269 e. The van der Waals surface area contributed by atoms with Crippen LogP contribution in [0.2, 0.25) is 0 Å². The molecule has 1 aromatic carbocycles. The molecule has 0 saturated carbocycles. The van der Waals surface area contributed by atoms with Gasteiger partial charge in [-0.25, -0.2) is 4.68 Å². The van der Waals surface area contributed by atoms with Gasteiger partial charge in [0.1, 0.15) is 6.54 Å². The number of ketones is 1. The molecule has 0 fully saturated rings. The molecule has 1 aromatic heterocycles. The number of carbonyl (C=O) groups excluding carboxylic acids is 1. The Morgan fingerprint density at radius 1 is 1.33 bits per heavy atom. The van der Waals surface area contributed by atoms with E-state index in [-0.39, 0.29) is 17.9 Å². The van der Waals surface area contributed by atoms with Crippen LogP contribution in [0.15, 0.2) is 41.3 Å². The molecule has 21 heavy (non-hydrogen) atoms. The molecular formula is C15H14N4O2. The zero-order chi connectivity index (χ0) is 15.4. The summed E-state index contributed by atoms with van der Waals surface area (Å²) >= 11 is 0. The maximum atomic E-state index is 12.1. The number of benzene rings is 1. The van der Waals surface area contributed by atoms with E-state index in [2.05, 4.69) is 5.10 Å². The van der Waals surface area contributed by atoms with Gasteiger partial charge in [-0.15, -0.1) is 0 Å². The van der Waals surface area contributed by atoms with Crippen LogP contribution in [0, 0.1) is 11.3 Å². The van der Waals surface area contributed by atoms with Gasteiger partial charge in [-0.2, -0.15) is 10.4 Å². The summed E-state index contributed by atoms with van der Waals surface area (Å²) in [4.78, 5) is 25.7. The fourth-order valence-electron chi connectivity index (χ4n) is 1.75. The first kappa shape index (κ1) is 14.5. The van der Waals surface area contributed by atoms with Crippen LogP contribution in [0.3, 0.4) is 0 Å². The second kappa shape index (κ2) is 6.01. The predicted octanol–water partition coefficient (Wildman–Crippen LogP) is 1.06. The number of aromatic nitrogens is 2. The number of Topliss-reactive ketones (excluding diaryl/α,β-unsaturated/α-hetero) is 1. The highest BCUT2D eigenvalue weighted by Gasteiger charge is 2.09. The average Bonchev–Trinajstić information content (AvgIpc) is 2.49. The molecule has 6 heteroatoms. The van der Waals surface area contributed by atoms with Crippen molar-refractivity contribution < 1.29 is 4.79 Å². The number of hydrogen-bond donors (Lipinski definition) is 0. The third-order valence-electron chi connectivity index (χ3n) is 3.00. The molecule has 0 bridgehead atoms. The van der Waals surface area contributed by atoms with Crippen LogP contribution < -0.4 is 10.5 Å². The van der Waals surface area contributed by atoms with Gasteiger partial charge in [0.15, 0.2) is 5.78 Å². The van der Waals surface area contributed by atoms with Gasteiger partial charge < -0.3 is 4.90 Å². The number of carbonyl (C=O) groups is 1. The SMILES string of the molecule is CN(C)c1cnn(CC(=O)c2ccc(C#N)cc2)c(=O)c1. The molecule has 1 heterocycles. The molecule has 0 atom stereocenters. The lowest BCUT2D eigenvalue weighted by Gasteiger charge is -2.12. The summed E-state index contributed by atoms with van der Waals surface area (Å²) in [6, 6.07) is 9.69. The van der Waals surface area contributed by atoms with Gasteiger partial charge in [-0.05, 0) is 12.1 Å². The van der Waals surface area contributed by atoms with E-state index in [0.717, 1.165) is 4.68 Å². The molecule has 0 saturated heterocycles. The van der Waals surface area contributed by atoms with Crippen LogP contribution in [0.5, 0.6) is 0 Å². The van der Waals surface area contributed by atoms with Crippen molar-refractivity contribution in [3.05, 3.63) is 58.0 Å². The van der Waals surface area contributed by atoms with Crippen molar-refractivity contribution in [3.63, 3.8) is 0 Å². The highest BCUT2D eigenvalue weighted by atomic mass is 16.1. The minimum absolute atomic E-state index is 0.127. The fraction of sp³-hybridized carbons (Fsp3) is 0.200. The van der Waals surface area contributed by atoms with Crippen molar-refractivity contribution >= 4 is 11.5 Å². The van der Waals surface area contributed by atoms with E-state index in [4.69, 9.17) is 5.26 Å². The zero-order valence-corrected chi connectivity index (χ0v) is 11.8. The Labute approximate surface area is 121 Å². The first-order valence-electron chi connectivity index (χ1n) is 6.29. The second-order valence-electron chi connectivity index (χ2n) is 4.72. The first-order chi connectivity index (χ1) is 10.0. The molecule has 0 radical (unpaired) electrons. The summed E-state index contributed by atoms with van der Waals surface area (Å²) in [5, 5.41) is 12.7. The second-order valence-corrected chi connectivity index (χ2v) is 4.72. The average molecular weight is 282 g/mol. The Kier molecular flexibility index (Phi) is 4.14. The predicted molar refractivity (Wildman–Crippen MR) is 78.3 cm³/mol. The van der Waals surface area contributed by atoms with E-state index in [0.29, 0.717) is 16.8 Å². The Morgan fingerprint density at radius 2 is 2.00 bits per heavy atom. The van der Waals surface area contributed by atoms with Crippen molar-refractivity contribution in [2.75, 3.05) is 19.0 Å². The Bertz CT molecular complexity index is 754. The van der Waals surface area contributed by atoms with Crippen molar-refractivity contribution in [3.8, 4) is 6.07 Å². The Morgan fingerprint density at radius 3 is 2.52 bits per heavy atom. The number of nitriles is 1. The highest BCUT2D eigenvalue weighted by molar-refractivity contribution is 5.95. The van der Waals surface area contributed by atoms with Crippen molar-refractivity contribution in [2.24, 2.45) is 0 Å². The zero-order valence-electron chi connectivity index (χ0n) is 11.8. The molecule has 0 unspecified atom stereocenters. The Hall–Kier alpha value is -2.94. The standard InChI is InChI=1S/C15H14N4O2/c1-18(2)13-7-15(21)19(17-9-13)10-14(20)12-5-3-11(8-16)4-6-12/h3-7,9H,10H2,1-2H3. The fourth-order valence-corrected chi connectivity index (χ4v) is 1.75. The molecule has 106 valence electrons. The maximum absolute atomic E-state index is 12.1. The van der Waals surface area contributed by atoms with E-state index in [1.807, 2.05) is 20.2 Å². The largest absolute Gasteiger partial charge is 0.376 e. The summed E-state index contributed by atoms with van der Waals surface area (Å²) in [5.41, 5.74) is 1.28. The number of nitrogens with zero attached hydrogens (tertiary/aromatic N) is 4. The molecule has 0 N–H and O–H groups in total. The molecule has 0 spiro atoms. The van der Waals surface area contributed by atoms with E-state index >= 15 is 0 Å². The topological polar surface area (TPSA) is 79.0 Å². The van der Waals surface area contributed by atoms with Crippen LogP contribution >= 0.6 is 0 Å². The molecule has 6 nitrogen and oxygen atoms in total. The van der Waals surface area contributed by atoms with Crippen LogP contribution in [0.25, 0.3) is 0 Å². The third kappa shape index (κ3) is 3.34. The van der Waals surface area contributed by atoms with Gasteiger partial charge >= 0.3 is 0 Å². The van der Waals surface area contributed by atoms with E-state index < -0.39 is 0 Å². The molecular weight excluding hydrogens is 268 g/mol. The van der Waals surface area contributed by atoms with Crippen LogP contribution in [0.1, 0.15) is 15.9 Å². The van der Waals surface area contributed by atoms with Crippen LogP contribution in [-0.2, 0) is 6.54 Å². The molecule has 0 aliphatic carbocycles. The van der Waals surface area contributed by atoms with Crippen LogP contribution in [0.4, 0.5) is 5.69 Å². The summed E-state index contributed by atoms with van der Waals surface area (Å²) in [6.07, 6.45) is 1.54. The van der Waals surface area contributed by atoms with Gasteiger partial charge in [0.25, 0.3) is 5.56 Å². The monoisotopic (exact) mass is 282 g/mol. The molecule has 2 aromatic rings. The van der Waals surface area contributed by atoms with Gasteiger partial charge in [0, 0.05) is 25.7 Å². The summed E-state index contributed by atoms with van der Waals surface area (Å²) in [5.74, 6) is -0.230. The molecule has 0 amide bonds. The summed E-state index contributed by atoms with van der Waals surface area (Å²) < 4.78 is 1.12. The summed E-state index contributed by atoms with van der Waals surface area (Å²) in [7, 11) is 3.62. The molecule has 0 aliphatic heterocycles. The normalized spacial score (nSPS) is 9.95. The molecule has 2 rings (SSSR count). The third-order valence-corrected chi connectivity index (χ3v) is 3.00. The number of rotatable bonds is 4. The number of anilines is 1. The lowest BCUT2D eigenvalue weighted by Crippen LogP contribution is -2.27. The van der Waals surface area contributed by atoms with Gasteiger partial charge in [0.05, 0.1) is 23.5 Å². The van der Waals surface area contributed by atoms with Crippen molar-refractivity contribution in [1.29, 1.82) is 5.26 Å². The minimum atomic E-state index is -0.330. The lowest BCUT2D eigenvalue weighted by atomic mass is 10.1. The lowest BCUT2D eigenvalue weighted by molar-refractivity contribution is 0.0965. The quantitative estimate of drug-likeness (QED) is 0.784. The van der Waals surface area contributed by atoms with Gasteiger partial charge in [-0.3, -0.25) is 9.59 Å². The molecule has 0 aliphatic rings. The highest BCUT2D eigenvalue weighted by Crippen LogP contribution is 2.06.